The molecule has 3 N–H and O–H groups in total. The van der Waals surface area contributed by atoms with E-state index in [9.17, 15) is 14.0 Å². The van der Waals surface area contributed by atoms with Crippen molar-refractivity contribution in [2.45, 2.75) is 6.92 Å². The normalized spacial score (nSPS) is 10.1. The third-order valence-corrected chi connectivity index (χ3v) is 3.40. The summed E-state index contributed by atoms with van der Waals surface area (Å²) in [6.07, 6.45) is 0. The van der Waals surface area contributed by atoms with Crippen LogP contribution in [0, 0.1) is 5.82 Å². The Bertz CT molecular complexity index is 799. The van der Waals surface area contributed by atoms with Crippen molar-refractivity contribution in [2.24, 2.45) is 0 Å². The Morgan fingerprint density at radius 1 is 1.12 bits per heavy atom. The van der Waals surface area contributed by atoms with Crippen LogP contribution in [0.5, 0.6) is 5.75 Å². The summed E-state index contributed by atoms with van der Waals surface area (Å²) in [5, 5.41) is 8.27. The average molecular weight is 366 g/mol. The fraction of sp³-hybridized carbons (Fsp3) is 0.176. The molecule has 0 aliphatic heterocycles. The van der Waals surface area contributed by atoms with Crippen molar-refractivity contribution in [3.63, 3.8) is 0 Å². The van der Waals surface area contributed by atoms with Crippen LogP contribution >= 0.6 is 11.6 Å². The molecule has 0 saturated carbocycles. The second kappa shape index (κ2) is 8.34. The number of hydrogen-bond donors (Lipinski definition) is 3. The van der Waals surface area contributed by atoms with Crippen molar-refractivity contribution in [2.75, 3.05) is 29.6 Å². The SMILES string of the molecule is COc1ccc(NC(C)=O)cc1NCC(=O)Nc1cc(Cl)ccc1F. The lowest BCUT2D eigenvalue weighted by Gasteiger charge is -2.13. The second-order valence-corrected chi connectivity index (χ2v) is 5.56. The molecule has 0 heterocycles. The van der Waals surface area contributed by atoms with E-state index in [0.717, 1.165) is 0 Å². The Morgan fingerprint density at radius 2 is 1.88 bits per heavy atom. The van der Waals surface area contributed by atoms with Crippen LogP contribution in [0.25, 0.3) is 0 Å². The molecule has 0 aromatic heterocycles. The lowest BCUT2D eigenvalue weighted by molar-refractivity contribution is -0.115. The highest BCUT2D eigenvalue weighted by molar-refractivity contribution is 6.30. The number of amides is 2. The molecular weight excluding hydrogens is 349 g/mol. The van der Waals surface area contributed by atoms with Crippen LogP contribution in [0.15, 0.2) is 36.4 Å². The molecule has 132 valence electrons. The first-order chi connectivity index (χ1) is 11.9. The van der Waals surface area contributed by atoms with Gasteiger partial charge in [-0.05, 0) is 36.4 Å². The molecule has 0 atom stereocenters. The first-order valence-corrected chi connectivity index (χ1v) is 7.71. The number of nitrogens with one attached hydrogen (secondary N) is 3. The molecule has 2 amide bonds. The predicted molar refractivity (Wildman–Crippen MR) is 95.8 cm³/mol. The molecule has 6 nitrogen and oxygen atoms in total. The smallest absolute Gasteiger partial charge is 0.243 e. The predicted octanol–water partition coefficient (Wildman–Crippen LogP) is 3.50. The number of carbonyl (C=O) groups is 2. The largest absolute Gasteiger partial charge is 0.495 e. The van der Waals surface area contributed by atoms with Gasteiger partial charge in [-0.2, -0.15) is 0 Å². The van der Waals surface area contributed by atoms with E-state index in [2.05, 4.69) is 16.0 Å². The van der Waals surface area contributed by atoms with Gasteiger partial charge in [0.1, 0.15) is 11.6 Å². The standard InChI is InChI=1S/C17H17ClFN3O3/c1-10(23)21-12-4-6-16(25-2)15(8-12)20-9-17(24)22-14-7-11(18)3-5-13(14)19/h3-8,20H,9H2,1-2H3,(H,21,23)(H,22,24). The molecule has 0 saturated heterocycles. The van der Waals surface area contributed by atoms with Crippen molar-refractivity contribution in [3.8, 4) is 5.75 Å². The molecule has 8 heteroatoms. The fourth-order valence-electron chi connectivity index (χ4n) is 2.09. The van der Waals surface area contributed by atoms with Crippen LogP contribution in [0.3, 0.4) is 0 Å². The van der Waals surface area contributed by atoms with Crippen molar-refractivity contribution in [3.05, 3.63) is 47.2 Å². The Balaban J connectivity index is 2.05. The van der Waals surface area contributed by atoms with Gasteiger partial charge in [-0.1, -0.05) is 11.6 Å². The summed E-state index contributed by atoms with van der Waals surface area (Å²) in [5.41, 5.74) is 1.06. The van der Waals surface area contributed by atoms with E-state index in [1.54, 1.807) is 18.2 Å². The summed E-state index contributed by atoms with van der Waals surface area (Å²) in [6, 6.07) is 8.85. The molecule has 2 aromatic rings. The fourth-order valence-corrected chi connectivity index (χ4v) is 2.26. The minimum atomic E-state index is -0.581. The highest BCUT2D eigenvalue weighted by atomic mass is 35.5. The lowest BCUT2D eigenvalue weighted by Crippen LogP contribution is -2.22. The van der Waals surface area contributed by atoms with Crippen LogP contribution in [-0.2, 0) is 9.59 Å². The van der Waals surface area contributed by atoms with Gasteiger partial charge in [0, 0.05) is 17.6 Å². The molecule has 25 heavy (non-hydrogen) atoms. The van der Waals surface area contributed by atoms with Gasteiger partial charge in [-0.3, -0.25) is 9.59 Å². The topological polar surface area (TPSA) is 79.5 Å². The van der Waals surface area contributed by atoms with E-state index in [1.807, 2.05) is 0 Å². The number of methoxy groups -OCH3 is 1. The lowest BCUT2D eigenvalue weighted by atomic mass is 10.2. The highest BCUT2D eigenvalue weighted by Gasteiger charge is 2.10. The van der Waals surface area contributed by atoms with E-state index in [4.69, 9.17) is 16.3 Å². The summed E-state index contributed by atoms with van der Waals surface area (Å²) in [7, 11) is 1.49. The first-order valence-electron chi connectivity index (χ1n) is 7.33. The summed E-state index contributed by atoms with van der Waals surface area (Å²) < 4.78 is 18.8. The number of ether oxygens (including phenoxy) is 1. The Labute approximate surface area is 149 Å². The van der Waals surface area contributed by atoms with Crippen molar-refractivity contribution in [1.82, 2.24) is 0 Å². The molecule has 2 rings (SSSR count). The van der Waals surface area contributed by atoms with E-state index >= 15 is 0 Å². The van der Waals surface area contributed by atoms with Gasteiger partial charge < -0.3 is 20.7 Å². The van der Waals surface area contributed by atoms with E-state index < -0.39 is 11.7 Å². The van der Waals surface area contributed by atoms with E-state index in [1.165, 1.54) is 32.2 Å². The van der Waals surface area contributed by atoms with Gasteiger partial charge in [0.25, 0.3) is 0 Å². The van der Waals surface area contributed by atoms with Gasteiger partial charge in [0.2, 0.25) is 11.8 Å². The number of carbonyl (C=O) groups excluding carboxylic acids is 2. The highest BCUT2D eigenvalue weighted by Crippen LogP contribution is 2.27. The summed E-state index contributed by atoms with van der Waals surface area (Å²) >= 11 is 5.79. The first kappa shape index (κ1) is 18.5. The maximum atomic E-state index is 13.6. The van der Waals surface area contributed by atoms with Crippen molar-refractivity contribution < 1.29 is 18.7 Å². The van der Waals surface area contributed by atoms with Gasteiger partial charge >= 0.3 is 0 Å². The molecule has 0 fully saturated rings. The van der Waals surface area contributed by atoms with Crippen LogP contribution in [0.1, 0.15) is 6.92 Å². The van der Waals surface area contributed by atoms with Crippen molar-refractivity contribution >= 4 is 40.5 Å². The molecule has 2 aromatic carbocycles. The van der Waals surface area contributed by atoms with Crippen LogP contribution in [-0.4, -0.2) is 25.5 Å². The van der Waals surface area contributed by atoms with E-state index in [-0.39, 0.29) is 18.1 Å². The minimum absolute atomic E-state index is 0.00161. The number of halogens is 2. The number of benzene rings is 2. The molecule has 0 radical (unpaired) electrons. The Morgan fingerprint density at radius 3 is 2.56 bits per heavy atom. The molecular formula is C17H17ClFN3O3. The third kappa shape index (κ3) is 5.36. The minimum Gasteiger partial charge on any atom is -0.495 e. The maximum Gasteiger partial charge on any atom is 0.243 e. The van der Waals surface area contributed by atoms with Gasteiger partial charge in [-0.15, -0.1) is 0 Å². The molecule has 0 unspecified atom stereocenters. The van der Waals surface area contributed by atoms with E-state index in [0.29, 0.717) is 22.1 Å². The zero-order valence-electron chi connectivity index (χ0n) is 13.7. The molecule has 0 spiro atoms. The van der Waals surface area contributed by atoms with Crippen LogP contribution in [0.2, 0.25) is 5.02 Å². The summed E-state index contributed by atoms with van der Waals surface area (Å²) in [4.78, 5) is 23.2. The van der Waals surface area contributed by atoms with Gasteiger partial charge in [-0.25, -0.2) is 4.39 Å². The van der Waals surface area contributed by atoms with Gasteiger partial charge in [0.05, 0.1) is 25.0 Å². The second-order valence-electron chi connectivity index (χ2n) is 5.12. The quantitative estimate of drug-likeness (QED) is 0.732. The number of hydrogen-bond acceptors (Lipinski definition) is 4. The zero-order chi connectivity index (χ0) is 18.4. The maximum absolute atomic E-state index is 13.6. The van der Waals surface area contributed by atoms with Crippen molar-refractivity contribution in [1.29, 1.82) is 0 Å². The Kier molecular flexibility index (Phi) is 6.19. The molecule has 0 bridgehead atoms. The third-order valence-electron chi connectivity index (χ3n) is 3.16. The summed E-state index contributed by atoms with van der Waals surface area (Å²) in [6.45, 7) is 1.26. The zero-order valence-corrected chi connectivity index (χ0v) is 14.4. The Hall–Kier alpha value is -2.80. The van der Waals surface area contributed by atoms with Gasteiger partial charge in [0.15, 0.2) is 0 Å². The van der Waals surface area contributed by atoms with Crippen LogP contribution < -0.4 is 20.7 Å². The average Bonchev–Trinajstić information content (AvgIpc) is 2.56. The molecule has 0 aliphatic carbocycles. The number of anilines is 3. The summed E-state index contributed by atoms with van der Waals surface area (Å²) in [5.74, 6) is -0.766. The van der Waals surface area contributed by atoms with Crippen LogP contribution in [0.4, 0.5) is 21.5 Å². The monoisotopic (exact) mass is 365 g/mol. The molecule has 0 aliphatic rings. The number of rotatable bonds is 6.